The Morgan fingerprint density at radius 1 is 0.875 bits per heavy atom. The molecule has 1 N–H and O–H groups in total. The van der Waals surface area contributed by atoms with E-state index in [1.807, 2.05) is 48.5 Å². The number of fused-ring (bicyclic) bond motifs is 1. The molecular weight excluding hydrogens is 422 g/mol. The van der Waals surface area contributed by atoms with Crippen LogP contribution in [0.3, 0.4) is 0 Å². The molecule has 5 heteroatoms. The molecule has 1 fully saturated rings. The van der Waals surface area contributed by atoms with Crippen molar-refractivity contribution in [3.63, 3.8) is 0 Å². The Morgan fingerprint density at radius 3 is 2.47 bits per heavy atom. The number of carbonyl (C=O) groups is 1. The molecule has 32 heavy (non-hydrogen) atoms. The average Bonchev–Trinajstić information content (AvgIpc) is 3.31. The zero-order valence-corrected chi connectivity index (χ0v) is 18.7. The number of hydrogen-bond donors (Lipinski definition) is 1. The van der Waals surface area contributed by atoms with Gasteiger partial charge in [-0.15, -0.1) is 0 Å². The molecule has 0 spiro atoms. The van der Waals surface area contributed by atoms with Crippen LogP contribution in [0.2, 0.25) is 5.02 Å². The summed E-state index contributed by atoms with van der Waals surface area (Å²) < 4.78 is 10.8. The molecule has 4 nitrogen and oxygen atoms in total. The van der Waals surface area contributed by atoms with Crippen LogP contribution in [-0.2, 0) is 6.54 Å². The van der Waals surface area contributed by atoms with Crippen LogP contribution in [0.5, 0.6) is 11.5 Å². The Kier molecular flexibility index (Phi) is 6.04. The molecule has 3 aromatic rings. The third-order valence-electron chi connectivity index (χ3n) is 6.36. The van der Waals surface area contributed by atoms with Crippen LogP contribution in [0.4, 0.5) is 0 Å². The highest BCUT2D eigenvalue weighted by molar-refractivity contribution is 6.30. The highest BCUT2D eigenvalue weighted by Gasteiger charge is 2.19. The number of hydrogen-bond acceptors (Lipinski definition) is 3. The van der Waals surface area contributed by atoms with Gasteiger partial charge in [0.25, 0.3) is 5.91 Å². The first-order valence-corrected chi connectivity index (χ1v) is 11.6. The monoisotopic (exact) mass is 447 g/mol. The first kappa shape index (κ1) is 20.9. The zero-order chi connectivity index (χ0) is 21.9. The smallest absolute Gasteiger partial charge is 0.251 e. The number of nitrogens with one attached hydrogen (secondary N) is 1. The lowest BCUT2D eigenvalue weighted by Crippen LogP contribution is -2.23. The van der Waals surface area contributed by atoms with E-state index in [-0.39, 0.29) is 12.7 Å². The molecule has 5 rings (SSSR count). The molecule has 1 saturated carbocycles. The van der Waals surface area contributed by atoms with Crippen LogP contribution in [-0.4, -0.2) is 12.7 Å². The Balaban J connectivity index is 1.40. The van der Waals surface area contributed by atoms with Crippen LogP contribution >= 0.6 is 11.6 Å². The van der Waals surface area contributed by atoms with Crippen molar-refractivity contribution in [2.75, 3.05) is 6.79 Å². The summed E-state index contributed by atoms with van der Waals surface area (Å²) in [7, 11) is 0. The maximum atomic E-state index is 13.1. The zero-order valence-electron chi connectivity index (χ0n) is 17.9. The Bertz CT molecular complexity index is 1120. The van der Waals surface area contributed by atoms with E-state index in [0.29, 0.717) is 23.0 Å². The van der Waals surface area contributed by atoms with Gasteiger partial charge in [0.15, 0.2) is 11.5 Å². The molecule has 1 aliphatic heterocycles. The standard InChI is InChI=1S/C27H26ClNO3/c28-24-9-7-20(8-10-24)22-13-21(19-4-2-1-3-5-19)14-23(15-22)27(30)29-16-18-6-11-25-26(12-18)32-17-31-25/h6-15,19H,1-5,16-17H2,(H,29,30). The summed E-state index contributed by atoms with van der Waals surface area (Å²) in [6, 6.07) is 19.8. The molecule has 3 aromatic carbocycles. The van der Waals surface area contributed by atoms with Crippen LogP contribution in [0, 0.1) is 0 Å². The SMILES string of the molecule is O=C(NCc1ccc2c(c1)OCO2)c1cc(-c2ccc(Cl)cc2)cc(C2CCCCC2)c1. The van der Waals surface area contributed by atoms with Crippen molar-refractivity contribution >= 4 is 17.5 Å². The lowest BCUT2D eigenvalue weighted by Gasteiger charge is -2.23. The van der Waals surface area contributed by atoms with Gasteiger partial charge in [0.2, 0.25) is 6.79 Å². The van der Waals surface area contributed by atoms with Gasteiger partial charge in [-0.1, -0.05) is 55.1 Å². The summed E-state index contributed by atoms with van der Waals surface area (Å²) in [5.74, 6) is 1.90. The van der Waals surface area contributed by atoms with Crippen molar-refractivity contribution in [3.05, 3.63) is 82.4 Å². The minimum Gasteiger partial charge on any atom is -0.454 e. The normalized spacial score (nSPS) is 15.5. The second-order valence-electron chi connectivity index (χ2n) is 8.56. The van der Waals surface area contributed by atoms with E-state index in [1.165, 1.54) is 37.7 Å². The van der Waals surface area contributed by atoms with E-state index in [4.69, 9.17) is 21.1 Å². The van der Waals surface area contributed by atoms with Gasteiger partial charge in [0.1, 0.15) is 0 Å². The van der Waals surface area contributed by atoms with Crippen LogP contribution in [0.15, 0.2) is 60.7 Å². The Labute approximate surface area is 193 Å². The minimum atomic E-state index is -0.0736. The molecule has 1 amide bonds. The second kappa shape index (κ2) is 9.25. The second-order valence-corrected chi connectivity index (χ2v) is 8.99. The lowest BCUT2D eigenvalue weighted by atomic mass is 9.82. The van der Waals surface area contributed by atoms with Crippen molar-refractivity contribution < 1.29 is 14.3 Å². The molecular formula is C27H26ClNO3. The van der Waals surface area contributed by atoms with E-state index in [9.17, 15) is 4.79 Å². The molecule has 0 bridgehead atoms. The van der Waals surface area contributed by atoms with E-state index in [0.717, 1.165) is 28.2 Å². The molecule has 2 aliphatic rings. The summed E-state index contributed by atoms with van der Waals surface area (Å²) in [6.07, 6.45) is 6.17. The summed E-state index contributed by atoms with van der Waals surface area (Å²) in [5.41, 5.74) is 5.04. The van der Waals surface area contributed by atoms with Crippen LogP contribution in [0.25, 0.3) is 11.1 Å². The fourth-order valence-corrected chi connectivity index (χ4v) is 4.72. The van der Waals surface area contributed by atoms with Crippen molar-refractivity contribution in [2.45, 2.75) is 44.6 Å². The fraction of sp³-hybridized carbons (Fsp3) is 0.296. The van der Waals surface area contributed by atoms with Gasteiger partial charge in [-0.2, -0.15) is 0 Å². The average molecular weight is 448 g/mol. The lowest BCUT2D eigenvalue weighted by molar-refractivity contribution is 0.0950. The molecule has 0 atom stereocenters. The Hall–Kier alpha value is -2.98. The number of amides is 1. The van der Waals surface area contributed by atoms with Crippen molar-refractivity contribution in [1.82, 2.24) is 5.32 Å². The van der Waals surface area contributed by atoms with Crippen molar-refractivity contribution in [1.29, 1.82) is 0 Å². The van der Waals surface area contributed by atoms with E-state index < -0.39 is 0 Å². The first-order chi connectivity index (χ1) is 15.7. The summed E-state index contributed by atoms with van der Waals surface area (Å²) in [4.78, 5) is 13.1. The molecule has 0 unspecified atom stereocenters. The van der Waals surface area contributed by atoms with Crippen LogP contribution < -0.4 is 14.8 Å². The van der Waals surface area contributed by atoms with Gasteiger partial charge in [0, 0.05) is 17.1 Å². The topological polar surface area (TPSA) is 47.6 Å². The molecule has 0 radical (unpaired) electrons. The molecule has 164 valence electrons. The molecule has 1 heterocycles. The van der Waals surface area contributed by atoms with Gasteiger partial charge >= 0.3 is 0 Å². The summed E-state index contributed by atoms with van der Waals surface area (Å²) >= 11 is 6.09. The number of halogens is 1. The minimum absolute atomic E-state index is 0.0736. The van der Waals surface area contributed by atoms with Gasteiger partial charge < -0.3 is 14.8 Å². The fourth-order valence-electron chi connectivity index (χ4n) is 4.60. The Morgan fingerprint density at radius 2 is 1.66 bits per heavy atom. The predicted molar refractivity (Wildman–Crippen MR) is 126 cm³/mol. The van der Waals surface area contributed by atoms with Gasteiger partial charge in [-0.25, -0.2) is 0 Å². The predicted octanol–water partition coefficient (Wildman–Crippen LogP) is 6.71. The highest BCUT2D eigenvalue weighted by Crippen LogP contribution is 2.36. The quantitative estimate of drug-likeness (QED) is 0.472. The number of carbonyl (C=O) groups excluding carboxylic acids is 1. The molecule has 0 aromatic heterocycles. The maximum absolute atomic E-state index is 13.1. The summed E-state index contributed by atoms with van der Waals surface area (Å²) in [5, 5.41) is 3.78. The third-order valence-corrected chi connectivity index (χ3v) is 6.61. The van der Waals surface area contributed by atoms with E-state index in [2.05, 4.69) is 17.4 Å². The van der Waals surface area contributed by atoms with Crippen molar-refractivity contribution in [3.8, 4) is 22.6 Å². The number of rotatable bonds is 5. The summed E-state index contributed by atoms with van der Waals surface area (Å²) in [6.45, 7) is 0.673. The highest BCUT2D eigenvalue weighted by atomic mass is 35.5. The molecule has 0 saturated heterocycles. The van der Waals surface area contributed by atoms with Crippen molar-refractivity contribution in [2.24, 2.45) is 0 Å². The van der Waals surface area contributed by atoms with Gasteiger partial charge in [-0.05, 0) is 77.4 Å². The molecule has 1 aliphatic carbocycles. The van der Waals surface area contributed by atoms with Gasteiger partial charge in [-0.3, -0.25) is 4.79 Å². The number of ether oxygens (including phenoxy) is 2. The maximum Gasteiger partial charge on any atom is 0.251 e. The first-order valence-electron chi connectivity index (χ1n) is 11.2. The van der Waals surface area contributed by atoms with E-state index in [1.54, 1.807) is 0 Å². The largest absolute Gasteiger partial charge is 0.454 e. The third kappa shape index (κ3) is 4.61. The van der Waals surface area contributed by atoms with Gasteiger partial charge in [0.05, 0.1) is 0 Å². The van der Waals surface area contributed by atoms with Crippen LogP contribution in [0.1, 0.15) is 59.5 Å². The van der Waals surface area contributed by atoms with E-state index >= 15 is 0 Å². The number of benzene rings is 3.